The Bertz CT molecular complexity index is 640. The van der Waals surface area contributed by atoms with E-state index in [0.29, 0.717) is 6.42 Å². The van der Waals surface area contributed by atoms with E-state index in [9.17, 15) is 9.59 Å². The molecule has 0 unspecified atom stereocenters. The Morgan fingerprint density at radius 1 is 1.14 bits per heavy atom. The minimum Gasteiger partial charge on any atom is -0.480 e. The summed E-state index contributed by atoms with van der Waals surface area (Å²) in [5.41, 5.74) is 1.50. The second-order valence-electron chi connectivity index (χ2n) is 4.09. The maximum absolute atomic E-state index is 10.9. The first-order valence-electron chi connectivity index (χ1n) is 6.64. The van der Waals surface area contributed by atoms with Crippen LogP contribution in [0.2, 0.25) is 0 Å². The molecule has 5 nitrogen and oxygen atoms in total. The predicted molar refractivity (Wildman–Crippen MR) is 79.9 cm³/mol. The van der Waals surface area contributed by atoms with E-state index in [-0.39, 0.29) is 25.8 Å². The van der Waals surface area contributed by atoms with Crippen molar-refractivity contribution in [3.05, 3.63) is 35.4 Å². The molecule has 1 aromatic rings. The molecular weight excluding hydrogens is 284 g/mol. The molecule has 0 amide bonds. The van der Waals surface area contributed by atoms with Crippen molar-refractivity contribution < 1.29 is 24.2 Å². The molecule has 0 atom stereocenters. The van der Waals surface area contributed by atoms with Gasteiger partial charge in [-0.05, 0) is 18.2 Å². The lowest BCUT2D eigenvalue weighted by Gasteiger charge is -1.96. The van der Waals surface area contributed by atoms with Crippen LogP contribution in [0.25, 0.3) is 0 Å². The van der Waals surface area contributed by atoms with Gasteiger partial charge in [0.15, 0.2) is 6.61 Å². The van der Waals surface area contributed by atoms with Crippen molar-refractivity contribution in [1.29, 1.82) is 0 Å². The van der Waals surface area contributed by atoms with Gasteiger partial charge < -0.3 is 14.6 Å². The van der Waals surface area contributed by atoms with Crippen molar-refractivity contribution in [2.75, 3.05) is 19.8 Å². The van der Waals surface area contributed by atoms with Gasteiger partial charge in [0.2, 0.25) is 0 Å². The van der Waals surface area contributed by atoms with Crippen molar-refractivity contribution in [3.63, 3.8) is 0 Å². The van der Waals surface area contributed by atoms with Crippen LogP contribution in [-0.2, 0) is 19.1 Å². The topological polar surface area (TPSA) is 72.8 Å². The highest BCUT2D eigenvalue weighted by molar-refractivity contribution is 5.69. The molecule has 0 aliphatic heterocycles. The lowest BCUT2D eigenvalue weighted by atomic mass is 10.1. The Kier molecular flexibility index (Phi) is 7.89. The van der Waals surface area contributed by atoms with Gasteiger partial charge in [0.25, 0.3) is 0 Å². The first kappa shape index (κ1) is 17.3. The summed E-state index contributed by atoms with van der Waals surface area (Å²) in [6.45, 7) is 1.47. The van der Waals surface area contributed by atoms with Gasteiger partial charge in [-0.3, -0.25) is 4.79 Å². The molecule has 1 aromatic carbocycles. The zero-order valence-electron chi connectivity index (χ0n) is 12.2. The minimum absolute atomic E-state index is 0.0508. The van der Waals surface area contributed by atoms with Gasteiger partial charge in [-0.2, -0.15) is 0 Å². The summed E-state index contributed by atoms with van der Waals surface area (Å²) in [6, 6.07) is 7.23. The van der Waals surface area contributed by atoms with Crippen molar-refractivity contribution in [3.8, 4) is 23.7 Å². The van der Waals surface area contributed by atoms with E-state index in [1.807, 2.05) is 18.2 Å². The SMILES string of the molecule is CCC(=O)OCC#Cc1cccc(C#CCOCC(=O)O)c1. The maximum atomic E-state index is 10.9. The van der Waals surface area contributed by atoms with Crippen molar-refractivity contribution in [1.82, 2.24) is 0 Å². The summed E-state index contributed by atoms with van der Waals surface area (Å²) in [6.07, 6.45) is 0.330. The molecule has 0 fully saturated rings. The number of carboxylic acid groups (broad SMARTS) is 1. The van der Waals surface area contributed by atoms with Crippen molar-refractivity contribution in [2.45, 2.75) is 13.3 Å². The van der Waals surface area contributed by atoms with Gasteiger partial charge in [0, 0.05) is 17.5 Å². The van der Waals surface area contributed by atoms with Crippen molar-refractivity contribution in [2.24, 2.45) is 0 Å². The zero-order valence-corrected chi connectivity index (χ0v) is 12.2. The van der Waals surface area contributed by atoms with Crippen LogP contribution in [-0.4, -0.2) is 36.9 Å². The molecule has 1 N–H and O–H groups in total. The molecule has 0 aliphatic carbocycles. The van der Waals surface area contributed by atoms with Crippen LogP contribution in [0.1, 0.15) is 24.5 Å². The number of carbonyl (C=O) groups is 2. The Hall–Kier alpha value is -2.76. The number of esters is 1. The lowest BCUT2D eigenvalue weighted by molar-refractivity contribution is -0.142. The molecule has 0 saturated heterocycles. The van der Waals surface area contributed by atoms with Crippen LogP contribution in [0.5, 0.6) is 0 Å². The second-order valence-corrected chi connectivity index (χ2v) is 4.09. The lowest BCUT2D eigenvalue weighted by Crippen LogP contribution is -2.06. The largest absolute Gasteiger partial charge is 0.480 e. The molecule has 22 heavy (non-hydrogen) atoms. The number of rotatable bonds is 5. The third-order valence-corrected chi connectivity index (χ3v) is 2.32. The van der Waals surface area contributed by atoms with E-state index in [1.165, 1.54) is 0 Å². The van der Waals surface area contributed by atoms with Gasteiger partial charge in [-0.15, -0.1) is 0 Å². The minimum atomic E-state index is -1.03. The Morgan fingerprint density at radius 2 is 1.77 bits per heavy atom. The summed E-state index contributed by atoms with van der Waals surface area (Å²) in [5, 5.41) is 8.40. The molecule has 0 radical (unpaired) electrons. The predicted octanol–water partition coefficient (Wildman–Crippen LogP) is 1.44. The zero-order chi connectivity index (χ0) is 16.2. The van der Waals surface area contributed by atoms with Gasteiger partial charge >= 0.3 is 11.9 Å². The number of aliphatic carboxylic acids is 1. The van der Waals surface area contributed by atoms with Crippen LogP contribution < -0.4 is 0 Å². The fourth-order valence-corrected chi connectivity index (χ4v) is 1.36. The maximum Gasteiger partial charge on any atom is 0.329 e. The van der Waals surface area contributed by atoms with Crippen LogP contribution in [0, 0.1) is 23.7 Å². The van der Waals surface area contributed by atoms with Gasteiger partial charge in [0.05, 0.1) is 0 Å². The van der Waals surface area contributed by atoms with Gasteiger partial charge in [-0.1, -0.05) is 36.7 Å². The molecule has 0 spiro atoms. The van der Waals surface area contributed by atoms with Gasteiger partial charge in [-0.25, -0.2) is 4.79 Å². The molecule has 1 rings (SSSR count). The highest BCUT2D eigenvalue weighted by Gasteiger charge is 1.95. The first-order chi connectivity index (χ1) is 10.6. The molecule has 114 valence electrons. The number of carbonyl (C=O) groups excluding carboxylic acids is 1. The second kappa shape index (κ2) is 10.0. The summed E-state index contributed by atoms with van der Waals surface area (Å²) >= 11 is 0. The highest BCUT2D eigenvalue weighted by atomic mass is 16.5. The van der Waals surface area contributed by atoms with E-state index in [4.69, 9.17) is 14.6 Å². The van der Waals surface area contributed by atoms with E-state index in [1.54, 1.807) is 13.0 Å². The van der Waals surface area contributed by atoms with Crippen LogP contribution in [0.15, 0.2) is 24.3 Å². The molecule has 0 aliphatic rings. The fourth-order valence-electron chi connectivity index (χ4n) is 1.36. The van der Waals surface area contributed by atoms with E-state index < -0.39 is 5.97 Å². The number of hydrogen-bond donors (Lipinski definition) is 1. The Morgan fingerprint density at radius 3 is 2.36 bits per heavy atom. The Balaban J connectivity index is 2.52. The first-order valence-corrected chi connectivity index (χ1v) is 6.64. The molecule has 0 saturated carbocycles. The van der Waals surface area contributed by atoms with Crippen LogP contribution in [0.4, 0.5) is 0 Å². The summed E-state index contributed by atoms with van der Waals surface area (Å²) < 4.78 is 9.66. The van der Waals surface area contributed by atoms with E-state index in [0.717, 1.165) is 11.1 Å². The molecule has 0 heterocycles. The molecule has 5 heteroatoms. The normalized spacial score (nSPS) is 8.95. The third-order valence-electron chi connectivity index (χ3n) is 2.32. The molecule has 0 bridgehead atoms. The number of ether oxygens (including phenoxy) is 2. The number of carboxylic acids is 1. The summed E-state index contributed by atoms with van der Waals surface area (Å²) in [5.74, 6) is 9.90. The quantitative estimate of drug-likeness (QED) is 0.506. The average molecular weight is 300 g/mol. The smallest absolute Gasteiger partial charge is 0.329 e. The van der Waals surface area contributed by atoms with Gasteiger partial charge in [0.1, 0.15) is 13.2 Å². The highest BCUT2D eigenvalue weighted by Crippen LogP contribution is 2.02. The van der Waals surface area contributed by atoms with Crippen molar-refractivity contribution >= 4 is 11.9 Å². The Labute approximate surface area is 129 Å². The molecule has 0 aromatic heterocycles. The van der Waals surface area contributed by atoms with Crippen LogP contribution >= 0.6 is 0 Å². The summed E-state index contributed by atoms with van der Waals surface area (Å²) in [4.78, 5) is 21.2. The fraction of sp³-hybridized carbons (Fsp3) is 0.294. The molecular formula is C17H16O5. The number of hydrogen-bond acceptors (Lipinski definition) is 4. The number of benzene rings is 1. The third kappa shape index (κ3) is 7.74. The van der Waals surface area contributed by atoms with E-state index >= 15 is 0 Å². The summed E-state index contributed by atoms with van der Waals surface area (Å²) in [7, 11) is 0. The van der Waals surface area contributed by atoms with E-state index in [2.05, 4.69) is 23.7 Å². The standard InChI is InChI=1S/C17H16O5/c1-2-17(20)22-11-5-9-15-7-3-6-14(12-15)8-4-10-21-13-16(18)19/h3,6-7,12H,2,10-11,13H2,1H3,(H,18,19). The monoisotopic (exact) mass is 300 g/mol. The average Bonchev–Trinajstić information content (AvgIpc) is 2.51. The van der Waals surface area contributed by atoms with Crippen LogP contribution in [0.3, 0.4) is 0 Å².